The van der Waals surface area contributed by atoms with E-state index in [9.17, 15) is 9.59 Å². The van der Waals surface area contributed by atoms with Crippen LogP contribution in [0.1, 0.15) is 12.5 Å². The van der Waals surface area contributed by atoms with Crippen LogP contribution in [0.4, 0.5) is 5.69 Å². The zero-order valence-corrected chi connectivity index (χ0v) is 15.3. The molecule has 8 heteroatoms. The molecule has 1 N–H and O–H groups in total. The lowest BCUT2D eigenvalue weighted by Gasteiger charge is -2.19. The number of hydrogen-bond donors (Lipinski definition) is 1. The van der Waals surface area contributed by atoms with E-state index in [0.29, 0.717) is 16.4 Å². The minimum absolute atomic E-state index is 0.0416. The third kappa shape index (κ3) is 3.71. The topological polar surface area (TPSA) is 67.2 Å². The molecule has 24 heavy (non-hydrogen) atoms. The van der Waals surface area contributed by atoms with E-state index in [2.05, 4.69) is 10.4 Å². The third-order valence-electron chi connectivity index (χ3n) is 3.50. The monoisotopic (exact) mass is 368 g/mol. The minimum atomic E-state index is -0.539. The van der Waals surface area contributed by atoms with Crippen LogP contribution >= 0.6 is 23.2 Å². The first-order valence-electron chi connectivity index (χ1n) is 7.24. The standard InChI is InChI=1S/C16H18Cl2N4O2/c1-9-5-6-11(7-12(9)17)22-16(24)14(18)13(8-19-22)20-10(2)15(23)21(3)4/h5-8,10,20H,1-4H3/t10-/m0/s1. The molecule has 1 atom stereocenters. The lowest BCUT2D eigenvalue weighted by molar-refractivity contribution is -0.129. The highest BCUT2D eigenvalue weighted by molar-refractivity contribution is 6.33. The van der Waals surface area contributed by atoms with E-state index >= 15 is 0 Å². The van der Waals surface area contributed by atoms with Crippen molar-refractivity contribution in [2.24, 2.45) is 0 Å². The zero-order chi connectivity index (χ0) is 18.0. The number of nitrogens with zero attached hydrogens (tertiary/aromatic N) is 3. The molecule has 1 aromatic carbocycles. The molecule has 0 aliphatic rings. The molecule has 1 amide bonds. The van der Waals surface area contributed by atoms with Gasteiger partial charge in [0.05, 0.1) is 17.6 Å². The van der Waals surface area contributed by atoms with Gasteiger partial charge in [-0.3, -0.25) is 9.59 Å². The molecular weight excluding hydrogens is 351 g/mol. The summed E-state index contributed by atoms with van der Waals surface area (Å²) in [6.07, 6.45) is 1.41. The highest BCUT2D eigenvalue weighted by Crippen LogP contribution is 2.21. The molecular formula is C16H18Cl2N4O2. The summed E-state index contributed by atoms with van der Waals surface area (Å²) in [5, 5.41) is 7.51. The number of nitrogens with one attached hydrogen (secondary N) is 1. The summed E-state index contributed by atoms with van der Waals surface area (Å²) in [5.74, 6) is -0.138. The largest absolute Gasteiger partial charge is 0.371 e. The summed E-state index contributed by atoms with van der Waals surface area (Å²) in [6, 6.07) is 4.64. The number of carbonyl (C=O) groups is 1. The van der Waals surface area contributed by atoms with Crippen LogP contribution in [-0.4, -0.2) is 40.7 Å². The Morgan fingerprint density at radius 1 is 1.33 bits per heavy atom. The smallest absolute Gasteiger partial charge is 0.292 e. The summed E-state index contributed by atoms with van der Waals surface area (Å²) in [5.41, 5.74) is 1.22. The van der Waals surface area contributed by atoms with E-state index in [-0.39, 0.29) is 10.9 Å². The predicted molar refractivity (Wildman–Crippen MR) is 96.4 cm³/mol. The summed E-state index contributed by atoms with van der Waals surface area (Å²) in [6.45, 7) is 3.55. The highest BCUT2D eigenvalue weighted by Gasteiger charge is 2.18. The van der Waals surface area contributed by atoms with E-state index in [1.165, 1.54) is 11.1 Å². The molecule has 0 radical (unpaired) electrons. The first-order chi connectivity index (χ1) is 11.2. The van der Waals surface area contributed by atoms with E-state index in [0.717, 1.165) is 10.2 Å². The Morgan fingerprint density at radius 3 is 2.58 bits per heavy atom. The van der Waals surface area contributed by atoms with Gasteiger partial charge in [-0.2, -0.15) is 9.78 Å². The van der Waals surface area contributed by atoms with E-state index in [1.807, 2.05) is 6.92 Å². The molecule has 0 saturated heterocycles. The van der Waals surface area contributed by atoms with Crippen LogP contribution in [0, 0.1) is 6.92 Å². The lowest BCUT2D eigenvalue weighted by Crippen LogP contribution is -2.37. The Balaban J connectivity index is 2.37. The third-order valence-corrected chi connectivity index (χ3v) is 4.27. The van der Waals surface area contributed by atoms with Gasteiger partial charge in [-0.05, 0) is 31.5 Å². The predicted octanol–water partition coefficient (Wildman–Crippen LogP) is 2.74. The zero-order valence-electron chi connectivity index (χ0n) is 13.8. The fraction of sp³-hybridized carbons (Fsp3) is 0.312. The molecule has 0 bridgehead atoms. The van der Waals surface area contributed by atoms with Crippen molar-refractivity contribution in [3.05, 3.63) is 50.4 Å². The van der Waals surface area contributed by atoms with E-state index in [1.54, 1.807) is 39.2 Å². The normalized spacial score (nSPS) is 11.9. The van der Waals surface area contributed by atoms with Gasteiger partial charge in [0, 0.05) is 19.1 Å². The number of aromatic nitrogens is 2. The molecule has 2 rings (SSSR count). The fourth-order valence-corrected chi connectivity index (χ4v) is 2.47. The first-order valence-corrected chi connectivity index (χ1v) is 8.00. The molecule has 0 unspecified atom stereocenters. The Bertz CT molecular complexity index is 833. The maximum absolute atomic E-state index is 12.5. The van der Waals surface area contributed by atoms with Crippen molar-refractivity contribution in [2.75, 3.05) is 19.4 Å². The number of anilines is 1. The first kappa shape index (κ1) is 18.3. The molecule has 0 spiro atoms. The molecule has 0 aliphatic heterocycles. The molecule has 0 aliphatic carbocycles. The molecule has 0 fully saturated rings. The number of likely N-dealkylation sites (N-methyl/N-ethyl adjacent to an activating group) is 1. The molecule has 2 aromatic rings. The maximum atomic E-state index is 12.5. The second-order valence-electron chi connectivity index (χ2n) is 5.62. The summed E-state index contributed by atoms with van der Waals surface area (Å²) in [4.78, 5) is 25.8. The quantitative estimate of drug-likeness (QED) is 0.900. The molecule has 128 valence electrons. The SMILES string of the molecule is Cc1ccc(-n2ncc(N[C@@H](C)C(=O)N(C)C)c(Cl)c2=O)cc1Cl. The van der Waals surface area contributed by atoms with Gasteiger partial charge in [0.1, 0.15) is 11.1 Å². The summed E-state index contributed by atoms with van der Waals surface area (Å²) in [7, 11) is 3.30. The van der Waals surface area contributed by atoms with E-state index < -0.39 is 11.6 Å². The van der Waals surface area contributed by atoms with Crippen molar-refractivity contribution in [2.45, 2.75) is 19.9 Å². The van der Waals surface area contributed by atoms with Crippen LogP contribution in [-0.2, 0) is 4.79 Å². The number of hydrogen-bond acceptors (Lipinski definition) is 4. The van der Waals surface area contributed by atoms with Gasteiger partial charge in [-0.1, -0.05) is 29.3 Å². The average molecular weight is 369 g/mol. The fourth-order valence-electron chi connectivity index (χ4n) is 2.11. The maximum Gasteiger partial charge on any atom is 0.292 e. The minimum Gasteiger partial charge on any atom is -0.371 e. The Labute approximate surface area is 150 Å². The van der Waals surface area contributed by atoms with Gasteiger partial charge < -0.3 is 10.2 Å². The van der Waals surface area contributed by atoms with Crippen LogP contribution in [0.25, 0.3) is 5.69 Å². The van der Waals surface area contributed by atoms with Crippen LogP contribution in [0.15, 0.2) is 29.2 Å². The van der Waals surface area contributed by atoms with Gasteiger partial charge in [0.25, 0.3) is 5.56 Å². The number of amides is 1. The second kappa shape index (κ2) is 7.23. The van der Waals surface area contributed by atoms with Gasteiger partial charge in [-0.15, -0.1) is 0 Å². The van der Waals surface area contributed by atoms with Crippen molar-refractivity contribution >= 4 is 34.8 Å². The van der Waals surface area contributed by atoms with Gasteiger partial charge >= 0.3 is 0 Å². The van der Waals surface area contributed by atoms with Crippen LogP contribution in [0.3, 0.4) is 0 Å². The number of rotatable bonds is 4. The number of aryl methyl sites for hydroxylation is 1. The number of halogens is 2. The lowest BCUT2D eigenvalue weighted by atomic mass is 10.2. The number of benzene rings is 1. The second-order valence-corrected chi connectivity index (χ2v) is 6.41. The van der Waals surface area contributed by atoms with Crippen molar-refractivity contribution in [1.82, 2.24) is 14.7 Å². The molecule has 1 heterocycles. The van der Waals surface area contributed by atoms with Crippen LogP contribution in [0.2, 0.25) is 10.0 Å². The van der Waals surface area contributed by atoms with Gasteiger partial charge in [0.15, 0.2) is 0 Å². The Kier molecular flexibility index (Phi) is 5.51. The number of carbonyl (C=O) groups excluding carboxylic acids is 1. The average Bonchev–Trinajstić information content (AvgIpc) is 2.54. The Morgan fingerprint density at radius 2 is 2.00 bits per heavy atom. The van der Waals surface area contributed by atoms with Crippen molar-refractivity contribution in [3.63, 3.8) is 0 Å². The molecule has 6 nitrogen and oxygen atoms in total. The van der Waals surface area contributed by atoms with Crippen LogP contribution in [0.5, 0.6) is 0 Å². The summed E-state index contributed by atoms with van der Waals surface area (Å²) >= 11 is 12.2. The van der Waals surface area contributed by atoms with E-state index in [4.69, 9.17) is 23.2 Å². The van der Waals surface area contributed by atoms with Crippen molar-refractivity contribution in [3.8, 4) is 5.69 Å². The van der Waals surface area contributed by atoms with Gasteiger partial charge in [0.2, 0.25) is 5.91 Å². The molecule has 1 aromatic heterocycles. The van der Waals surface area contributed by atoms with Crippen LogP contribution < -0.4 is 10.9 Å². The molecule has 0 saturated carbocycles. The Hall–Kier alpha value is -2.05. The van der Waals surface area contributed by atoms with Crippen molar-refractivity contribution in [1.29, 1.82) is 0 Å². The van der Waals surface area contributed by atoms with Crippen molar-refractivity contribution < 1.29 is 4.79 Å². The van der Waals surface area contributed by atoms with Gasteiger partial charge in [-0.25, -0.2) is 0 Å². The summed E-state index contributed by atoms with van der Waals surface area (Å²) < 4.78 is 1.16. The highest BCUT2D eigenvalue weighted by atomic mass is 35.5.